The lowest BCUT2D eigenvalue weighted by atomic mass is 10.1. The summed E-state index contributed by atoms with van der Waals surface area (Å²) in [6.07, 6.45) is 3.33. The molecule has 0 radical (unpaired) electrons. The van der Waals surface area contributed by atoms with Gasteiger partial charge in [0.2, 0.25) is 0 Å². The fraction of sp³-hybridized carbons (Fsp3) is 0.105. The highest BCUT2D eigenvalue weighted by molar-refractivity contribution is 7.25. The van der Waals surface area contributed by atoms with Gasteiger partial charge in [0, 0.05) is 10.1 Å². The quantitative estimate of drug-likeness (QED) is 0.493. The molecule has 3 aromatic rings. The van der Waals surface area contributed by atoms with Crippen LogP contribution in [0.25, 0.3) is 20.2 Å². The van der Waals surface area contributed by atoms with E-state index < -0.39 is 0 Å². The Kier molecular flexibility index (Phi) is 4.44. The van der Waals surface area contributed by atoms with Gasteiger partial charge in [0.25, 0.3) is 0 Å². The van der Waals surface area contributed by atoms with Crippen molar-refractivity contribution in [1.29, 1.82) is 0 Å². The summed E-state index contributed by atoms with van der Waals surface area (Å²) in [5, 5.41) is 1.24. The van der Waals surface area contributed by atoms with Crippen LogP contribution in [0, 0.1) is 0 Å². The Morgan fingerprint density at radius 2 is 1.61 bits per heavy atom. The first kappa shape index (κ1) is 15.3. The van der Waals surface area contributed by atoms with Gasteiger partial charge in [-0.25, -0.2) is 0 Å². The van der Waals surface area contributed by atoms with Crippen LogP contribution in [-0.4, -0.2) is 13.2 Å². The minimum Gasteiger partial charge on any atom is -0.489 e. The second-order valence-corrected chi connectivity index (χ2v) is 5.94. The molecule has 0 atom stereocenters. The van der Waals surface area contributed by atoms with Gasteiger partial charge in [-0.2, -0.15) is 0 Å². The summed E-state index contributed by atoms with van der Waals surface area (Å²) < 4.78 is 13.1. The molecule has 3 nitrogen and oxygen atoms in total. The van der Waals surface area contributed by atoms with E-state index in [4.69, 9.17) is 9.47 Å². The second kappa shape index (κ2) is 6.67. The van der Waals surface area contributed by atoms with Crippen LogP contribution in [0.1, 0.15) is 0 Å². The highest BCUT2D eigenvalue weighted by Gasteiger charge is 2.15. The summed E-state index contributed by atoms with van der Waals surface area (Å²) in [4.78, 5) is 12.9. The van der Waals surface area contributed by atoms with E-state index in [-0.39, 0.29) is 5.43 Å². The third-order valence-corrected chi connectivity index (χ3v) is 4.55. The molecule has 2 aromatic carbocycles. The Bertz CT molecular complexity index is 940. The molecule has 1 aromatic heterocycles. The first-order chi connectivity index (χ1) is 11.3. The van der Waals surface area contributed by atoms with Crippen LogP contribution in [-0.2, 0) is 0 Å². The van der Waals surface area contributed by atoms with E-state index in [0.29, 0.717) is 35.5 Å². The third-order valence-electron chi connectivity index (χ3n) is 3.37. The van der Waals surface area contributed by atoms with Crippen LogP contribution in [0.4, 0.5) is 0 Å². The molecule has 0 spiro atoms. The van der Waals surface area contributed by atoms with E-state index in [0.717, 1.165) is 9.40 Å². The van der Waals surface area contributed by atoms with Gasteiger partial charge in [-0.3, -0.25) is 4.79 Å². The molecular formula is C19H16O3S. The summed E-state index contributed by atoms with van der Waals surface area (Å²) in [6, 6.07) is 11.2. The smallest absolute Gasteiger partial charge is 0.199 e. The van der Waals surface area contributed by atoms with Crippen molar-refractivity contribution in [2.45, 2.75) is 0 Å². The highest BCUT2D eigenvalue weighted by Crippen LogP contribution is 2.37. The molecule has 0 aliphatic rings. The summed E-state index contributed by atoms with van der Waals surface area (Å²) in [5.74, 6) is 1.22. The Hall–Kier alpha value is -2.59. The summed E-state index contributed by atoms with van der Waals surface area (Å²) >= 11 is 1.52. The van der Waals surface area contributed by atoms with E-state index in [1.807, 2.05) is 30.3 Å². The predicted molar refractivity (Wildman–Crippen MR) is 97.0 cm³/mol. The van der Waals surface area contributed by atoms with Crippen molar-refractivity contribution in [3.8, 4) is 11.5 Å². The molecule has 23 heavy (non-hydrogen) atoms. The zero-order valence-corrected chi connectivity index (χ0v) is 13.4. The number of hydrogen-bond donors (Lipinski definition) is 0. The lowest BCUT2D eigenvalue weighted by molar-refractivity contribution is 0.360. The van der Waals surface area contributed by atoms with Crippen LogP contribution < -0.4 is 14.9 Å². The average Bonchev–Trinajstić information content (AvgIpc) is 2.58. The number of rotatable bonds is 6. The minimum absolute atomic E-state index is 0.0440. The van der Waals surface area contributed by atoms with E-state index in [2.05, 4.69) is 13.2 Å². The van der Waals surface area contributed by atoms with Gasteiger partial charge in [0.05, 0.1) is 10.1 Å². The maximum atomic E-state index is 12.9. The molecule has 116 valence electrons. The molecule has 4 heteroatoms. The molecule has 0 bridgehead atoms. The van der Waals surface area contributed by atoms with Crippen molar-refractivity contribution in [2.75, 3.05) is 13.2 Å². The minimum atomic E-state index is -0.0440. The number of fused-ring (bicyclic) bond motifs is 2. The van der Waals surface area contributed by atoms with Gasteiger partial charge in [-0.05, 0) is 24.3 Å². The maximum Gasteiger partial charge on any atom is 0.199 e. The Morgan fingerprint density at radius 3 is 2.35 bits per heavy atom. The molecule has 3 rings (SSSR count). The average molecular weight is 324 g/mol. The number of ether oxygens (including phenoxy) is 2. The Morgan fingerprint density at radius 1 is 0.957 bits per heavy atom. The topological polar surface area (TPSA) is 35.5 Å². The van der Waals surface area contributed by atoms with Crippen molar-refractivity contribution >= 4 is 31.5 Å². The molecule has 0 aliphatic carbocycles. The molecular weight excluding hydrogens is 308 g/mol. The first-order valence-electron chi connectivity index (χ1n) is 7.22. The van der Waals surface area contributed by atoms with Crippen molar-refractivity contribution in [1.82, 2.24) is 0 Å². The van der Waals surface area contributed by atoms with Gasteiger partial charge in [-0.1, -0.05) is 37.4 Å². The molecule has 0 N–H and O–H groups in total. The zero-order chi connectivity index (χ0) is 16.2. The zero-order valence-electron chi connectivity index (χ0n) is 12.6. The molecule has 0 aliphatic heterocycles. The monoisotopic (exact) mass is 324 g/mol. The van der Waals surface area contributed by atoms with Crippen LogP contribution in [0.3, 0.4) is 0 Å². The second-order valence-electron chi connectivity index (χ2n) is 4.89. The fourth-order valence-electron chi connectivity index (χ4n) is 2.38. The fourth-order valence-corrected chi connectivity index (χ4v) is 3.54. The Labute approximate surface area is 138 Å². The van der Waals surface area contributed by atoms with Crippen LogP contribution >= 0.6 is 11.3 Å². The first-order valence-corrected chi connectivity index (χ1v) is 8.04. The summed E-state index contributed by atoms with van der Waals surface area (Å²) in [6.45, 7) is 8.04. The van der Waals surface area contributed by atoms with Crippen molar-refractivity contribution in [3.63, 3.8) is 0 Å². The van der Waals surface area contributed by atoms with Gasteiger partial charge in [0.1, 0.15) is 24.7 Å². The van der Waals surface area contributed by atoms with Crippen LogP contribution in [0.2, 0.25) is 0 Å². The molecule has 0 saturated heterocycles. The normalized spacial score (nSPS) is 10.6. The van der Waals surface area contributed by atoms with E-state index >= 15 is 0 Å². The lowest BCUT2D eigenvalue weighted by Crippen LogP contribution is -2.06. The predicted octanol–water partition coefficient (Wildman–Crippen LogP) is 4.54. The summed E-state index contributed by atoms with van der Waals surface area (Å²) in [5.41, 5.74) is -0.0440. The summed E-state index contributed by atoms with van der Waals surface area (Å²) in [7, 11) is 0. The molecule has 0 fully saturated rings. The van der Waals surface area contributed by atoms with Crippen molar-refractivity contribution in [3.05, 3.63) is 71.9 Å². The lowest BCUT2D eigenvalue weighted by Gasteiger charge is -2.12. The van der Waals surface area contributed by atoms with Crippen molar-refractivity contribution < 1.29 is 9.47 Å². The van der Waals surface area contributed by atoms with Gasteiger partial charge < -0.3 is 9.47 Å². The van der Waals surface area contributed by atoms with E-state index in [1.165, 1.54) is 11.3 Å². The Balaban J connectivity index is 2.34. The molecule has 1 heterocycles. The van der Waals surface area contributed by atoms with Gasteiger partial charge in [0.15, 0.2) is 5.43 Å². The highest BCUT2D eigenvalue weighted by atomic mass is 32.1. The van der Waals surface area contributed by atoms with Gasteiger partial charge in [-0.15, -0.1) is 11.3 Å². The molecule has 0 saturated carbocycles. The van der Waals surface area contributed by atoms with Gasteiger partial charge >= 0.3 is 0 Å². The largest absolute Gasteiger partial charge is 0.489 e. The van der Waals surface area contributed by atoms with Crippen molar-refractivity contribution in [2.24, 2.45) is 0 Å². The van der Waals surface area contributed by atoms with E-state index in [9.17, 15) is 4.79 Å². The maximum absolute atomic E-state index is 12.9. The standard InChI is InChI=1S/C19H16O3S/c1-3-11-21-14-9-10-15(22-12-4-2)19-17(14)18(20)13-7-5-6-8-16(13)23-19/h3-10H,1-2,11-12H2. The molecule has 0 unspecified atom stereocenters. The SMILES string of the molecule is C=CCOc1ccc(OCC=C)c2c(=O)c3ccccc3sc12. The third kappa shape index (κ3) is 2.85. The number of hydrogen-bond acceptors (Lipinski definition) is 4. The number of benzene rings is 2. The van der Waals surface area contributed by atoms with E-state index in [1.54, 1.807) is 18.2 Å². The van der Waals surface area contributed by atoms with Crippen LogP contribution in [0.15, 0.2) is 66.5 Å². The molecule has 0 amide bonds. The van der Waals surface area contributed by atoms with Crippen LogP contribution in [0.5, 0.6) is 11.5 Å².